The van der Waals surface area contributed by atoms with Crippen molar-refractivity contribution in [2.75, 3.05) is 20.2 Å². The molecular formula is C13H17NO4S. The van der Waals surface area contributed by atoms with E-state index in [-0.39, 0.29) is 23.8 Å². The zero-order valence-electron chi connectivity index (χ0n) is 11.0. The molecule has 1 saturated heterocycles. The average Bonchev–Trinajstić information content (AvgIpc) is 2.39. The Bertz CT molecular complexity index is 585. The summed E-state index contributed by atoms with van der Waals surface area (Å²) in [5.41, 5.74) is 0.775. The third-order valence-corrected chi connectivity index (χ3v) is 5.18. The molecule has 1 aromatic carbocycles. The zero-order chi connectivity index (χ0) is 14.0. The van der Waals surface area contributed by atoms with Gasteiger partial charge in [0, 0.05) is 25.9 Å². The number of Topliss-reactive ketones (excluding diaryl/α,β-unsaturated/α-hetero) is 1. The fourth-order valence-corrected chi connectivity index (χ4v) is 3.66. The maximum Gasteiger partial charge on any atom is 0.243 e. The fourth-order valence-electron chi connectivity index (χ4n) is 2.14. The van der Waals surface area contributed by atoms with Gasteiger partial charge in [-0.3, -0.25) is 4.79 Å². The van der Waals surface area contributed by atoms with Gasteiger partial charge in [0.05, 0.1) is 12.0 Å². The highest BCUT2D eigenvalue weighted by molar-refractivity contribution is 7.89. The highest BCUT2D eigenvalue weighted by Gasteiger charge is 2.28. The fraction of sp³-hybridized carbons (Fsp3) is 0.462. The van der Waals surface area contributed by atoms with Gasteiger partial charge in [0.25, 0.3) is 0 Å². The summed E-state index contributed by atoms with van der Waals surface area (Å²) in [6.07, 6.45) is 0.600. The van der Waals surface area contributed by atoms with Crippen LogP contribution in [0.2, 0.25) is 0 Å². The van der Waals surface area contributed by atoms with Crippen LogP contribution in [0.15, 0.2) is 23.1 Å². The van der Waals surface area contributed by atoms with Gasteiger partial charge in [0.1, 0.15) is 11.5 Å². The number of methoxy groups -OCH3 is 1. The standard InChI is InChI=1S/C13H17NO4S/c1-10-9-12(3-4-13(10)18-2)19(16,17)14-7-5-11(15)6-8-14/h3-4,9H,5-8H2,1-2H3. The van der Waals surface area contributed by atoms with Crippen molar-refractivity contribution in [1.82, 2.24) is 4.31 Å². The number of ether oxygens (including phenoxy) is 1. The predicted molar refractivity (Wildman–Crippen MR) is 70.7 cm³/mol. The summed E-state index contributed by atoms with van der Waals surface area (Å²) in [6.45, 7) is 2.34. The molecule has 6 heteroatoms. The number of ketones is 1. The van der Waals surface area contributed by atoms with E-state index >= 15 is 0 Å². The van der Waals surface area contributed by atoms with Crippen LogP contribution in [-0.4, -0.2) is 38.7 Å². The molecule has 0 atom stereocenters. The summed E-state index contributed by atoms with van der Waals surface area (Å²) in [5, 5.41) is 0. The minimum Gasteiger partial charge on any atom is -0.496 e. The van der Waals surface area contributed by atoms with Crippen LogP contribution in [0.1, 0.15) is 18.4 Å². The first-order valence-electron chi connectivity index (χ1n) is 6.11. The van der Waals surface area contributed by atoms with Crippen molar-refractivity contribution < 1.29 is 17.9 Å². The lowest BCUT2D eigenvalue weighted by Crippen LogP contribution is -2.38. The monoisotopic (exact) mass is 283 g/mol. The molecule has 1 aromatic rings. The molecule has 1 aliphatic rings. The topological polar surface area (TPSA) is 63.7 Å². The Morgan fingerprint density at radius 1 is 1.21 bits per heavy atom. The second kappa shape index (κ2) is 5.30. The van der Waals surface area contributed by atoms with Crippen LogP contribution in [0.5, 0.6) is 5.75 Å². The van der Waals surface area contributed by atoms with Crippen molar-refractivity contribution >= 4 is 15.8 Å². The minimum absolute atomic E-state index is 0.123. The Balaban J connectivity index is 2.29. The van der Waals surface area contributed by atoms with E-state index in [1.165, 1.54) is 10.4 Å². The molecule has 2 rings (SSSR count). The van der Waals surface area contributed by atoms with E-state index in [4.69, 9.17) is 4.74 Å². The molecule has 0 bridgehead atoms. The number of hydrogen-bond acceptors (Lipinski definition) is 4. The first-order chi connectivity index (χ1) is 8.95. The largest absolute Gasteiger partial charge is 0.496 e. The second-order valence-electron chi connectivity index (χ2n) is 4.57. The molecule has 1 fully saturated rings. The van der Waals surface area contributed by atoms with Gasteiger partial charge < -0.3 is 4.74 Å². The Morgan fingerprint density at radius 2 is 1.84 bits per heavy atom. The molecular weight excluding hydrogens is 266 g/mol. The first-order valence-corrected chi connectivity index (χ1v) is 7.55. The maximum atomic E-state index is 12.4. The van der Waals surface area contributed by atoms with E-state index in [1.807, 2.05) is 0 Å². The van der Waals surface area contributed by atoms with Crippen molar-refractivity contribution in [1.29, 1.82) is 0 Å². The van der Waals surface area contributed by atoms with Crippen molar-refractivity contribution in [2.24, 2.45) is 0 Å². The predicted octanol–water partition coefficient (Wildman–Crippen LogP) is 1.36. The lowest BCUT2D eigenvalue weighted by Gasteiger charge is -2.25. The van der Waals surface area contributed by atoms with Crippen LogP contribution in [0.3, 0.4) is 0 Å². The number of rotatable bonds is 3. The molecule has 0 saturated carbocycles. The van der Waals surface area contributed by atoms with Gasteiger partial charge in [0.15, 0.2) is 0 Å². The normalized spacial score (nSPS) is 17.5. The molecule has 0 unspecified atom stereocenters. The van der Waals surface area contributed by atoms with Crippen molar-refractivity contribution in [3.8, 4) is 5.75 Å². The maximum absolute atomic E-state index is 12.4. The SMILES string of the molecule is COc1ccc(S(=O)(=O)N2CCC(=O)CC2)cc1C. The molecule has 0 amide bonds. The van der Waals surface area contributed by atoms with Crippen LogP contribution in [0.25, 0.3) is 0 Å². The number of benzene rings is 1. The van der Waals surface area contributed by atoms with Crippen LogP contribution in [0.4, 0.5) is 0 Å². The molecule has 104 valence electrons. The van der Waals surface area contributed by atoms with E-state index in [2.05, 4.69) is 0 Å². The van der Waals surface area contributed by atoms with E-state index in [0.717, 1.165) is 5.56 Å². The molecule has 0 aliphatic carbocycles. The third-order valence-electron chi connectivity index (χ3n) is 3.28. The summed E-state index contributed by atoms with van der Waals surface area (Å²) in [4.78, 5) is 11.4. The number of hydrogen-bond donors (Lipinski definition) is 0. The summed E-state index contributed by atoms with van der Waals surface area (Å²) in [5.74, 6) is 0.783. The van der Waals surface area contributed by atoms with Gasteiger partial charge in [-0.05, 0) is 30.7 Å². The van der Waals surface area contributed by atoms with Crippen LogP contribution in [-0.2, 0) is 14.8 Å². The van der Waals surface area contributed by atoms with Crippen LogP contribution >= 0.6 is 0 Å². The quantitative estimate of drug-likeness (QED) is 0.840. The van der Waals surface area contributed by atoms with Gasteiger partial charge in [0.2, 0.25) is 10.0 Å². The number of nitrogens with zero attached hydrogens (tertiary/aromatic N) is 1. The number of aryl methyl sites for hydroxylation is 1. The van der Waals surface area contributed by atoms with Gasteiger partial charge in [-0.2, -0.15) is 4.31 Å². The highest BCUT2D eigenvalue weighted by atomic mass is 32.2. The highest BCUT2D eigenvalue weighted by Crippen LogP contribution is 2.25. The number of carbonyl (C=O) groups excluding carboxylic acids is 1. The summed E-state index contributed by atoms with van der Waals surface area (Å²) >= 11 is 0. The summed E-state index contributed by atoms with van der Waals surface area (Å²) in [7, 11) is -1.96. The van der Waals surface area contributed by atoms with E-state index in [0.29, 0.717) is 18.6 Å². The minimum atomic E-state index is -3.51. The number of sulfonamides is 1. The smallest absolute Gasteiger partial charge is 0.243 e. The van der Waals surface area contributed by atoms with Crippen molar-refractivity contribution in [2.45, 2.75) is 24.7 Å². The molecule has 1 heterocycles. The second-order valence-corrected chi connectivity index (χ2v) is 6.51. The molecule has 1 aliphatic heterocycles. The molecule has 0 spiro atoms. The molecule has 0 radical (unpaired) electrons. The van der Waals surface area contributed by atoms with Crippen molar-refractivity contribution in [3.63, 3.8) is 0 Å². The lowest BCUT2D eigenvalue weighted by molar-refractivity contribution is -0.120. The molecule has 0 aromatic heterocycles. The third kappa shape index (κ3) is 2.79. The van der Waals surface area contributed by atoms with Gasteiger partial charge >= 0.3 is 0 Å². The average molecular weight is 283 g/mol. The van der Waals surface area contributed by atoms with E-state index in [9.17, 15) is 13.2 Å². The van der Waals surface area contributed by atoms with Crippen LogP contribution < -0.4 is 4.74 Å². The van der Waals surface area contributed by atoms with E-state index in [1.54, 1.807) is 26.2 Å². The Kier molecular flexibility index (Phi) is 3.91. The Labute approximate surface area is 113 Å². The van der Waals surface area contributed by atoms with Gasteiger partial charge in [-0.15, -0.1) is 0 Å². The molecule has 19 heavy (non-hydrogen) atoms. The summed E-state index contributed by atoms with van der Waals surface area (Å²) < 4.78 is 31.3. The van der Waals surface area contributed by atoms with Gasteiger partial charge in [-0.1, -0.05) is 0 Å². The Hall–Kier alpha value is -1.40. The zero-order valence-corrected chi connectivity index (χ0v) is 11.9. The van der Waals surface area contributed by atoms with Gasteiger partial charge in [-0.25, -0.2) is 8.42 Å². The molecule has 5 nitrogen and oxygen atoms in total. The summed E-state index contributed by atoms with van der Waals surface area (Å²) in [6, 6.07) is 4.79. The lowest BCUT2D eigenvalue weighted by atomic mass is 10.1. The van der Waals surface area contributed by atoms with Crippen LogP contribution in [0, 0.1) is 6.92 Å². The van der Waals surface area contributed by atoms with Crippen molar-refractivity contribution in [3.05, 3.63) is 23.8 Å². The Morgan fingerprint density at radius 3 is 2.37 bits per heavy atom. The number of piperidine rings is 1. The molecule has 0 N–H and O–H groups in total. The first kappa shape index (κ1) is 14.0. The van der Waals surface area contributed by atoms with E-state index < -0.39 is 10.0 Å². The number of carbonyl (C=O) groups is 1.